The minimum atomic E-state index is 0.233. The fourth-order valence-corrected chi connectivity index (χ4v) is 4.88. The van der Waals surface area contributed by atoms with Gasteiger partial charge in [0.05, 0.1) is 0 Å². The summed E-state index contributed by atoms with van der Waals surface area (Å²) in [6.45, 7) is 12.9. The highest BCUT2D eigenvalue weighted by Gasteiger charge is 2.25. The SMILES string of the molecule is C=CC1CCC(C(C)C(=C)N=Cc2ccc(C(=O)CCCCCCCCO)cc2CC)CC1. The van der Waals surface area contributed by atoms with E-state index >= 15 is 0 Å². The number of aliphatic hydroxyl groups is 1. The van der Waals surface area contributed by atoms with Crippen LogP contribution in [-0.2, 0) is 6.42 Å². The first-order valence-corrected chi connectivity index (χ1v) is 13.1. The zero-order chi connectivity index (χ0) is 24.1. The number of aryl methyl sites for hydroxylation is 1. The van der Waals surface area contributed by atoms with Crippen molar-refractivity contribution in [2.75, 3.05) is 6.61 Å². The van der Waals surface area contributed by atoms with Gasteiger partial charge in [0.1, 0.15) is 0 Å². The lowest BCUT2D eigenvalue weighted by molar-refractivity contribution is 0.0979. The second-order valence-corrected chi connectivity index (χ2v) is 9.73. The van der Waals surface area contributed by atoms with Gasteiger partial charge in [-0.15, -0.1) is 6.58 Å². The van der Waals surface area contributed by atoms with Gasteiger partial charge in [-0.25, -0.2) is 0 Å². The van der Waals surface area contributed by atoms with E-state index in [4.69, 9.17) is 10.1 Å². The van der Waals surface area contributed by atoms with Crippen LogP contribution in [0.4, 0.5) is 0 Å². The van der Waals surface area contributed by atoms with Crippen molar-refractivity contribution in [2.45, 2.75) is 90.9 Å². The van der Waals surface area contributed by atoms with Gasteiger partial charge in [0.2, 0.25) is 0 Å². The molecule has 0 saturated heterocycles. The summed E-state index contributed by atoms with van der Waals surface area (Å²) in [5.41, 5.74) is 4.02. The Morgan fingerprint density at radius 3 is 2.42 bits per heavy atom. The highest BCUT2D eigenvalue weighted by Crippen LogP contribution is 2.36. The Morgan fingerprint density at radius 1 is 1.12 bits per heavy atom. The Morgan fingerprint density at radius 2 is 1.79 bits per heavy atom. The number of benzene rings is 1. The average Bonchev–Trinajstić information content (AvgIpc) is 2.86. The molecule has 2 rings (SSSR count). The number of Topliss-reactive ketones (excluding diaryl/α,β-unsaturated/α-hetero) is 1. The Bertz CT molecular complexity index is 786. The van der Waals surface area contributed by atoms with Crippen molar-refractivity contribution in [3.63, 3.8) is 0 Å². The lowest BCUT2D eigenvalue weighted by atomic mass is 9.75. The second-order valence-electron chi connectivity index (χ2n) is 9.73. The minimum Gasteiger partial charge on any atom is -0.396 e. The first-order chi connectivity index (χ1) is 16.0. The van der Waals surface area contributed by atoms with Gasteiger partial charge in [0, 0.05) is 36.4 Å². The number of carbonyl (C=O) groups excluding carboxylic acids is 1. The summed E-state index contributed by atoms with van der Waals surface area (Å²) in [7, 11) is 0. The van der Waals surface area contributed by atoms with Gasteiger partial charge in [-0.05, 0) is 74.0 Å². The Kier molecular flexibility index (Phi) is 12.4. The van der Waals surface area contributed by atoms with Gasteiger partial charge in [-0.2, -0.15) is 0 Å². The van der Waals surface area contributed by atoms with E-state index in [-0.39, 0.29) is 12.4 Å². The minimum absolute atomic E-state index is 0.233. The summed E-state index contributed by atoms with van der Waals surface area (Å²) < 4.78 is 0. The van der Waals surface area contributed by atoms with Crippen molar-refractivity contribution in [2.24, 2.45) is 22.7 Å². The molecule has 1 unspecified atom stereocenters. The number of allylic oxidation sites excluding steroid dienone is 2. The van der Waals surface area contributed by atoms with Crippen LogP contribution in [0.3, 0.4) is 0 Å². The molecule has 1 saturated carbocycles. The Labute approximate surface area is 202 Å². The first kappa shape index (κ1) is 27.2. The summed E-state index contributed by atoms with van der Waals surface area (Å²) in [4.78, 5) is 17.4. The van der Waals surface area contributed by atoms with Gasteiger partial charge < -0.3 is 5.11 Å². The molecule has 0 bridgehead atoms. The van der Waals surface area contributed by atoms with E-state index in [2.05, 4.69) is 33.1 Å². The van der Waals surface area contributed by atoms with Crippen LogP contribution in [0.15, 0.2) is 48.1 Å². The molecule has 1 aliphatic rings. The summed E-state index contributed by atoms with van der Waals surface area (Å²) in [6, 6.07) is 6.04. The zero-order valence-corrected chi connectivity index (χ0v) is 21.0. The lowest BCUT2D eigenvalue weighted by Gasteiger charge is -2.31. The van der Waals surface area contributed by atoms with E-state index in [0.29, 0.717) is 24.2 Å². The smallest absolute Gasteiger partial charge is 0.162 e. The molecule has 1 atom stereocenters. The fraction of sp³-hybridized carbons (Fsp3) is 0.600. The van der Waals surface area contributed by atoms with Crippen molar-refractivity contribution in [1.82, 2.24) is 0 Å². The number of aliphatic imine (C=N–C) groups is 1. The Balaban J connectivity index is 1.87. The fourth-order valence-electron chi connectivity index (χ4n) is 4.88. The predicted octanol–water partition coefficient (Wildman–Crippen LogP) is 7.72. The molecule has 0 aliphatic heterocycles. The van der Waals surface area contributed by atoms with Crippen LogP contribution in [0.1, 0.15) is 106 Å². The Hall–Kier alpha value is -2.00. The highest BCUT2D eigenvalue weighted by atomic mass is 16.2. The van der Waals surface area contributed by atoms with Gasteiger partial charge in [-0.1, -0.05) is 64.3 Å². The van der Waals surface area contributed by atoms with E-state index in [1.54, 1.807) is 0 Å². The van der Waals surface area contributed by atoms with E-state index in [9.17, 15) is 4.79 Å². The topological polar surface area (TPSA) is 49.7 Å². The van der Waals surface area contributed by atoms with Crippen LogP contribution < -0.4 is 0 Å². The van der Waals surface area contributed by atoms with Crippen LogP contribution in [0.2, 0.25) is 0 Å². The summed E-state index contributed by atoms with van der Waals surface area (Å²) >= 11 is 0. The molecule has 1 fully saturated rings. The molecule has 0 amide bonds. The van der Waals surface area contributed by atoms with Gasteiger partial charge >= 0.3 is 0 Å². The molecule has 0 aromatic heterocycles. The van der Waals surface area contributed by atoms with Gasteiger partial charge in [0.25, 0.3) is 0 Å². The molecule has 1 aliphatic carbocycles. The van der Waals surface area contributed by atoms with Crippen LogP contribution >= 0.6 is 0 Å². The van der Waals surface area contributed by atoms with Crippen molar-refractivity contribution < 1.29 is 9.90 Å². The molecule has 1 aromatic carbocycles. The van der Waals surface area contributed by atoms with E-state index in [0.717, 1.165) is 61.8 Å². The van der Waals surface area contributed by atoms with E-state index < -0.39 is 0 Å². The molecule has 3 heteroatoms. The number of carbonyl (C=O) groups is 1. The number of hydrogen-bond acceptors (Lipinski definition) is 3. The molecule has 0 heterocycles. The maximum Gasteiger partial charge on any atom is 0.162 e. The molecule has 33 heavy (non-hydrogen) atoms. The third-order valence-corrected chi connectivity index (χ3v) is 7.41. The normalized spacial score (nSPS) is 19.5. The number of nitrogens with zero attached hydrogens (tertiary/aromatic N) is 1. The third kappa shape index (κ3) is 9.04. The number of ketones is 1. The summed E-state index contributed by atoms with van der Waals surface area (Å²) in [5, 5.41) is 8.83. The number of unbranched alkanes of at least 4 members (excludes halogenated alkanes) is 5. The van der Waals surface area contributed by atoms with Crippen molar-refractivity contribution in [3.8, 4) is 0 Å². The van der Waals surface area contributed by atoms with Gasteiger partial charge in [0.15, 0.2) is 5.78 Å². The molecule has 1 aromatic rings. The molecule has 0 spiro atoms. The molecule has 0 radical (unpaired) electrons. The van der Waals surface area contributed by atoms with E-state index in [1.807, 2.05) is 24.4 Å². The third-order valence-electron chi connectivity index (χ3n) is 7.41. The van der Waals surface area contributed by atoms with E-state index in [1.165, 1.54) is 31.2 Å². The number of hydrogen-bond donors (Lipinski definition) is 1. The molecular weight excluding hydrogens is 406 g/mol. The molecular formula is C30H45NO2. The lowest BCUT2D eigenvalue weighted by Crippen LogP contribution is -2.20. The standard InChI is InChI=1S/C30H45NO2/c1-5-25-14-16-27(17-15-25)23(3)24(4)31-22-29-19-18-28(21-26(29)6-2)30(33)13-11-9-7-8-10-12-20-32/h5,18-19,21-23,25,27,32H,1,4,6-17,20H2,2-3H3. The van der Waals surface area contributed by atoms with Crippen LogP contribution in [0.5, 0.6) is 0 Å². The van der Waals surface area contributed by atoms with Crippen molar-refractivity contribution >= 4 is 12.0 Å². The molecule has 3 nitrogen and oxygen atoms in total. The van der Waals surface area contributed by atoms with Crippen LogP contribution in [0, 0.1) is 17.8 Å². The molecule has 182 valence electrons. The monoisotopic (exact) mass is 451 g/mol. The number of rotatable bonds is 15. The zero-order valence-electron chi connectivity index (χ0n) is 21.0. The first-order valence-electron chi connectivity index (χ1n) is 13.1. The number of aliphatic hydroxyl groups excluding tert-OH is 1. The largest absolute Gasteiger partial charge is 0.396 e. The quantitative estimate of drug-likeness (QED) is 0.128. The predicted molar refractivity (Wildman–Crippen MR) is 141 cm³/mol. The van der Waals surface area contributed by atoms with Crippen molar-refractivity contribution in [1.29, 1.82) is 0 Å². The second kappa shape index (κ2) is 15.0. The summed E-state index contributed by atoms with van der Waals surface area (Å²) in [6.07, 6.45) is 16.7. The van der Waals surface area contributed by atoms with Crippen molar-refractivity contribution in [3.05, 3.63) is 59.8 Å². The van der Waals surface area contributed by atoms with Crippen LogP contribution in [0.25, 0.3) is 0 Å². The summed E-state index contributed by atoms with van der Waals surface area (Å²) in [5.74, 6) is 1.96. The maximum absolute atomic E-state index is 12.6. The molecule has 1 N–H and O–H groups in total. The maximum atomic E-state index is 12.6. The van der Waals surface area contributed by atoms with Gasteiger partial charge in [-0.3, -0.25) is 9.79 Å². The highest BCUT2D eigenvalue weighted by molar-refractivity contribution is 5.97. The average molecular weight is 452 g/mol. The van der Waals surface area contributed by atoms with Crippen LogP contribution in [-0.4, -0.2) is 23.7 Å².